The van der Waals surface area contributed by atoms with Crippen molar-refractivity contribution in [1.29, 1.82) is 0 Å². The van der Waals surface area contributed by atoms with Crippen LogP contribution in [0.3, 0.4) is 0 Å². The number of anilines is 1. The first-order valence-corrected chi connectivity index (χ1v) is 5.64. The Kier molecular flexibility index (Phi) is 5.27. The number of carbonyl (C=O) groups is 2. The molecular weight excluding hydrogens is 311 g/mol. The minimum Gasteiger partial charge on any atom is -0.454 e. The van der Waals surface area contributed by atoms with E-state index in [1.165, 1.54) is 0 Å². The predicted octanol–water partition coefficient (Wildman–Crippen LogP) is 1.05. The molecule has 1 aromatic carbocycles. The van der Waals surface area contributed by atoms with Gasteiger partial charge in [-0.15, -0.1) is 0 Å². The lowest BCUT2D eigenvalue weighted by Gasteiger charge is -2.10. The molecule has 3 N–H and O–H groups in total. The molecule has 0 unspecified atom stereocenters. The van der Waals surface area contributed by atoms with Crippen LogP contribution in [0.4, 0.5) is 24.5 Å². The molecule has 0 fully saturated rings. The van der Waals surface area contributed by atoms with Crippen molar-refractivity contribution in [3.05, 3.63) is 33.9 Å². The number of hydrogen-bond donors (Lipinski definition) is 2. The minimum absolute atomic E-state index is 0.297. The molecule has 0 aromatic heterocycles. The van der Waals surface area contributed by atoms with E-state index in [2.05, 4.69) is 10.1 Å². The number of esters is 1. The van der Waals surface area contributed by atoms with E-state index in [0.717, 1.165) is 6.07 Å². The summed E-state index contributed by atoms with van der Waals surface area (Å²) in [6, 6.07) is 1.80. The Bertz CT molecular complexity index is 603. The summed E-state index contributed by atoms with van der Waals surface area (Å²) in [6.45, 7) is -1.25. The molecule has 0 aliphatic rings. The van der Waals surface area contributed by atoms with Gasteiger partial charge >= 0.3 is 12.1 Å². The van der Waals surface area contributed by atoms with Gasteiger partial charge < -0.3 is 15.8 Å². The molecule has 0 aliphatic carbocycles. The summed E-state index contributed by atoms with van der Waals surface area (Å²) in [6.07, 6.45) is -4.73. The Balaban J connectivity index is 2.84. The van der Waals surface area contributed by atoms with Crippen LogP contribution in [0.15, 0.2) is 18.2 Å². The zero-order valence-electron chi connectivity index (χ0n) is 10.8. The second-order valence-corrected chi connectivity index (χ2v) is 3.97. The van der Waals surface area contributed by atoms with Crippen molar-refractivity contribution in [2.75, 3.05) is 18.5 Å². The zero-order chi connectivity index (χ0) is 16.9. The van der Waals surface area contributed by atoms with Crippen LogP contribution in [0.1, 0.15) is 5.56 Å². The van der Waals surface area contributed by atoms with E-state index in [-0.39, 0.29) is 5.69 Å². The third kappa shape index (κ3) is 4.92. The predicted molar refractivity (Wildman–Crippen MR) is 66.7 cm³/mol. The molecule has 22 heavy (non-hydrogen) atoms. The second kappa shape index (κ2) is 6.74. The standard InChI is InChI=1S/C11H10F3N3O5/c12-11(13,14)6-1-2-7(8(3-6)17(20)21)16-4-10(19)22-5-9(15)18/h1-3,16H,4-5H2,(H2,15,18). The van der Waals surface area contributed by atoms with Crippen LogP contribution in [0, 0.1) is 10.1 Å². The van der Waals surface area contributed by atoms with E-state index < -0.39 is 47.4 Å². The molecule has 0 radical (unpaired) electrons. The van der Waals surface area contributed by atoms with E-state index in [1.54, 1.807) is 0 Å². The number of alkyl halides is 3. The maximum absolute atomic E-state index is 12.5. The first-order valence-electron chi connectivity index (χ1n) is 5.64. The molecular formula is C11H10F3N3O5. The smallest absolute Gasteiger partial charge is 0.416 e. The lowest BCUT2D eigenvalue weighted by Crippen LogP contribution is -2.24. The topological polar surface area (TPSA) is 125 Å². The number of nitrogens with zero attached hydrogens (tertiary/aromatic N) is 1. The second-order valence-electron chi connectivity index (χ2n) is 3.97. The van der Waals surface area contributed by atoms with Gasteiger partial charge in [0.15, 0.2) is 6.61 Å². The molecule has 11 heteroatoms. The lowest BCUT2D eigenvalue weighted by atomic mass is 10.1. The summed E-state index contributed by atoms with van der Waals surface area (Å²) >= 11 is 0. The number of primary amides is 1. The van der Waals surface area contributed by atoms with Gasteiger partial charge in [0.25, 0.3) is 11.6 Å². The van der Waals surface area contributed by atoms with Crippen molar-refractivity contribution in [3.8, 4) is 0 Å². The van der Waals surface area contributed by atoms with Crippen LogP contribution in [0.2, 0.25) is 0 Å². The molecule has 0 atom stereocenters. The summed E-state index contributed by atoms with van der Waals surface area (Å²) in [4.78, 5) is 31.3. The highest BCUT2D eigenvalue weighted by molar-refractivity contribution is 5.81. The summed E-state index contributed by atoms with van der Waals surface area (Å²) in [5.41, 5.74) is 2.40. The van der Waals surface area contributed by atoms with Crippen molar-refractivity contribution >= 4 is 23.3 Å². The Morgan fingerprint density at radius 2 is 2.00 bits per heavy atom. The van der Waals surface area contributed by atoms with E-state index in [0.29, 0.717) is 12.1 Å². The highest BCUT2D eigenvalue weighted by Crippen LogP contribution is 2.34. The van der Waals surface area contributed by atoms with Gasteiger partial charge in [-0.05, 0) is 12.1 Å². The number of nitrogens with one attached hydrogen (secondary N) is 1. The van der Waals surface area contributed by atoms with Crippen molar-refractivity contribution in [2.45, 2.75) is 6.18 Å². The summed E-state index contributed by atoms with van der Waals surface area (Å²) < 4.78 is 41.9. The Morgan fingerprint density at radius 3 is 2.50 bits per heavy atom. The SMILES string of the molecule is NC(=O)COC(=O)CNc1ccc(C(F)(F)F)cc1[N+](=O)[O-]. The Morgan fingerprint density at radius 1 is 1.36 bits per heavy atom. The number of rotatable bonds is 6. The fraction of sp³-hybridized carbons (Fsp3) is 0.273. The quantitative estimate of drug-likeness (QED) is 0.458. The number of nitrogens with two attached hydrogens (primary N) is 1. The number of hydrogen-bond acceptors (Lipinski definition) is 6. The molecule has 120 valence electrons. The van der Waals surface area contributed by atoms with E-state index in [1.807, 2.05) is 0 Å². The van der Waals surface area contributed by atoms with Crippen LogP contribution < -0.4 is 11.1 Å². The van der Waals surface area contributed by atoms with Crippen LogP contribution in [-0.4, -0.2) is 30.0 Å². The molecule has 0 saturated heterocycles. The number of nitro groups is 1. The molecule has 0 bridgehead atoms. The van der Waals surface area contributed by atoms with Gasteiger partial charge in [0.05, 0.1) is 10.5 Å². The summed E-state index contributed by atoms with van der Waals surface area (Å²) in [5.74, 6) is -1.85. The van der Waals surface area contributed by atoms with Gasteiger partial charge in [0.2, 0.25) is 0 Å². The monoisotopic (exact) mass is 321 g/mol. The fourth-order valence-corrected chi connectivity index (χ4v) is 1.38. The average Bonchev–Trinajstić information content (AvgIpc) is 2.41. The fourth-order valence-electron chi connectivity index (χ4n) is 1.38. The van der Waals surface area contributed by atoms with Crippen molar-refractivity contribution in [1.82, 2.24) is 0 Å². The van der Waals surface area contributed by atoms with Gasteiger partial charge in [-0.25, -0.2) is 0 Å². The number of ether oxygens (including phenoxy) is 1. The van der Waals surface area contributed by atoms with Gasteiger partial charge in [0, 0.05) is 6.07 Å². The van der Waals surface area contributed by atoms with Gasteiger partial charge in [-0.2, -0.15) is 13.2 Å². The molecule has 1 aromatic rings. The third-order valence-electron chi connectivity index (χ3n) is 2.32. The normalized spacial score (nSPS) is 10.9. The maximum atomic E-state index is 12.5. The maximum Gasteiger partial charge on any atom is 0.416 e. The number of amides is 1. The molecule has 0 saturated carbocycles. The zero-order valence-corrected chi connectivity index (χ0v) is 10.8. The van der Waals surface area contributed by atoms with Gasteiger partial charge in [-0.3, -0.25) is 19.7 Å². The number of halogens is 3. The van der Waals surface area contributed by atoms with E-state index in [9.17, 15) is 32.9 Å². The van der Waals surface area contributed by atoms with E-state index in [4.69, 9.17) is 5.73 Å². The highest BCUT2D eigenvalue weighted by Gasteiger charge is 2.33. The van der Waals surface area contributed by atoms with Crippen molar-refractivity contribution < 1.29 is 32.4 Å². The number of carbonyl (C=O) groups excluding carboxylic acids is 2. The minimum atomic E-state index is -4.73. The Hall–Kier alpha value is -2.85. The van der Waals surface area contributed by atoms with E-state index >= 15 is 0 Å². The first kappa shape index (κ1) is 17.2. The van der Waals surface area contributed by atoms with Crippen LogP contribution >= 0.6 is 0 Å². The van der Waals surface area contributed by atoms with Crippen LogP contribution in [-0.2, 0) is 20.5 Å². The Labute approximate surface area is 121 Å². The largest absolute Gasteiger partial charge is 0.454 e. The average molecular weight is 321 g/mol. The number of benzene rings is 1. The number of nitro benzene ring substituents is 1. The van der Waals surface area contributed by atoms with Crippen LogP contribution in [0.5, 0.6) is 0 Å². The van der Waals surface area contributed by atoms with Crippen molar-refractivity contribution in [3.63, 3.8) is 0 Å². The summed E-state index contributed by atoms with van der Waals surface area (Å²) in [5, 5.41) is 13.0. The highest BCUT2D eigenvalue weighted by atomic mass is 19.4. The summed E-state index contributed by atoms with van der Waals surface area (Å²) in [7, 11) is 0. The molecule has 0 heterocycles. The van der Waals surface area contributed by atoms with Crippen molar-refractivity contribution in [2.24, 2.45) is 5.73 Å². The molecule has 1 amide bonds. The molecule has 0 aliphatic heterocycles. The third-order valence-corrected chi connectivity index (χ3v) is 2.32. The van der Waals surface area contributed by atoms with Crippen LogP contribution in [0.25, 0.3) is 0 Å². The lowest BCUT2D eigenvalue weighted by molar-refractivity contribution is -0.384. The molecule has 1 rings (SSSR count). The molecule has 0 spiro atoms. The van der Waals surface area contributed by atoms with Gasteiger partial charge in [0.1, 0.15) is 12.2 Å². The van der Waals surface area contributed by atoms with Gasteiger partial charge in [-0.1, -0.05) is 0 Å². The molecule has 8 nitrogen and oxygen atoms in total. The first-order chi connectivity index (χ1) is 10.1.